The number of fused-ring (bicyclic) bond motifs is 1. The van der Waals surface area contributed by atoms with Gasteiger partial charge >= 0.3 is 0 Å². The van der Waals surface area contributed by atoms with E-state index in [9.17, 15) is 4.39 Å². The molecule has 0 aliphatic heterocycles. The van der Waals surface area contributed by atoms with Gasteiger partial charge in [0.2, 0.25) is 0 Å². The van der Waals surface area contributed by atoms with E-state index in [1.165, 1.54) is 12.3 Å². The highest BCUT2D eigenvalue weighted by molar-refractivity contribution is 5.84. The number of pyridine rings is 2. The van der Waals surface area contributed by atoms with Crippen LogP contribution < -0.4 is 0 Å². The summed E-state index contributed by atoms with van der Waals surface area (Å²) in [6.07, 6.45) is 4.45. The second kappa shape index (κ2) is 3.62. The molecule has 0 unspecified atom stereocenters. The number of aryl methyl sites for hydroxylation is 1. The fourth-order valence-corrected chi connectivity index (χ4v) is 1.76. The van der Waals surface area contributed by atoms with Crippen LogP contribution in [0.1, 0.15) is 5.69 Å². The summed E-state index contributed by atoms with van der Waals surface area (Å²) in [4.78, 5) is 8.07. The molecule has 17 heavy (non-hydrogen) atoms. The highest BCUT2D eigenvalue weighted by Crippen LogP contribution is 2.22. The maximum absolute atomic E-state index is 13.1. The Morgan fingerprint density at radius 3 is 2.88 bits per heavy atom. The fourth-order valence-electron chi connectivity index (χ4n) is 1.76. The Kier molecular flexibility index (Phi) is 2.11. The quantitative estimate of drug-likeness (QED) is 0.696. The largest absolute Gasteiger partial charge is 0.276 e. The molecule has 0 saturated carbocycles. The number of aromatic amines is 1. The number of hydrogen-bond donors (Lipinski definition) is 1. The zero-order valence-electron chi connectivity index (χ0n) is 9.11. The van der Waals surface area contributed by atoms with E-state index < -0.39 is 0 Å². The Morgan fingerprint density at radius 2 is 2.06 bits per heavy atom. The number of aromatic nitrogens is 4. The van der Waals surface area contributed by atoms with Gasteiger partial charge in [0.05, 0.1) is 29.3 Å². The highest BCUT2D eigenvalue weighted by atomic mass is 19.1. The molecule has 0 atom stereocenters. The summed E-state index contributed by atoms with van der Waals surface area (Å²) in [6, 6.07) is 3.29. The molecule has 0 amide bonds. The lowest BCUT2D eigenvalue weighted by Gasteiger charge is -2.00. The second-order valence-corrected chi connectivity index (χ2v) is 3.82. The van der Waals surface area contributed by atoms with Gasteiger partial charge in [0.25, 0.3) is 0 Å². The lowest BCUT2D eigenvalue weighted by Crippen LogP contribution is -1.86. The van der Waals surface area contributed by atoms with Crippen molar-refractivity contribution in [2.24, 2.45) is 0 Å². The Bertz CT molecular complexity index is 690. The summed E-state index contributed by atoms with van der Waals surface area (Å²) in [7, 11) is 0. The average molecular weight is 228 g/mol. The lowest BCUT2D eigenvalue weighted by atomic mass is 10.1. The predicted octanol–water partition coefficient (Wildman–Crippen LogP) is 2.47. The molecule has 84 valence electrons. The molecule has 0 fully saturated rings. The smallest absolute Gasteiger partial charge is 0.142 e. The Hall–Kier alpha value is -2.30. The van der Waals surface area contributed by atoms with Gasteiger partial charge < -0.3 is 0 Å². The van der Waals surface area contributed by atoms with Crippen molar-refractivity contribution >= 4 is 10.9 Å². The standard InChI is InChI=1S/C12H9FN4/c1-7-10-3-11(15-6-12(10)17-16-7)8-2-9(13)5-14-4-8/h2-6H,1H3,(H,16,17). The molecule has 0 spiro atoms. The predicted molar refractivity (Wildman–Crippen MR) is 61.8 cm³/mol. The van der Waals surface area contributed by atoms with Crippen molar-refractivity contribution in [1.82, 2.24) is 20.2 Å². The van der Waals surface area contributed by atoms with Crippen LogP contribution in [0.15, 0.2) is 30.7 Å². The monoisotopic (exact) mass is 228 g/mol. The molecule has 0 aromatic carbocycles. The minimum Gasteiger partial charge on any atom is -0.276 e. The van der Waals surface area contributed by atoms with Crippen LogP contribution in [-0.2, 0) is 0 Å². The van der Waals surface area contributed by atoms with Crippen LogP contribution in [-0.4, -0.2) is 20.2 Å². The van der Waals surface area contributed by atoms with E-state index in [1.807, 2.05) is 13.0 Å². The van der Waals surface area contributed by atoms with Gasteiger partial charge in [-0.2, -0.15) is 5.10 Å². The third-order valence-corrected chi connectivity index (χ3v) is 2.64. The normalized spacial score (nSPS) is 10.9. The van der Waals surface area contributed by atoms with E-state index in [0.717, 1.165) is 16.6 Å². The van der Waals surface area contributed by atoms with Crippen LogP contribution in [0.2, 0.25) is 0 Å². The molecular formula is C12H9FN4. The SMILES string of the molecule is Cc1n[nH]c2cnc(-c3cncc(F)c3)cc12. The van der Waals surface area contributed by atoms with Crippen molar-refractivity contribution in [2.75, 3.05) is 0 Å². The lowest BCUT2D eigenvalue weighted by molar-refractivity contribution is 0.622. The molecule has 0 radical (unpaired) electrons. The summed E-state index contributed by atoms with van der Waals surface area (Å²) < 4.78 is 13.1. The third kappa shape index (κ3) is 1.65. The zero-order valence-corrected chi connectivity index (χ0v) is 9.11. The van der Waals surface area contributed by atoms with Gasteiger partial charge in [-0.3, -0.25) is 15.1 Å². The van der Waals surface area contributed by atoms with Crippen LogP contribution in [0.4, 0.5) is 4.39 Å². The minimum absolute atomic E-state index is 0.367. The summed E-state index contributed by atoms with van der Waals surface area (Å²) >= 11 is 0. The number of H-pyrrole nitrogens is 1. The molecule has 3 aromatic heterocycles. The van der Waals surface area contributed by atoms with E-state index in [4.69, 9.17) is 0 Å². The molecule has 0 aliphatic rings. The van der Waals surface area contributed by atoms with Gasteiger partial charge in [-0.25, -0.2) is 4.39 Å². The van der Waals surface area contributed by atoms with E-state index in [0.29, 0.717) is 11.3 Å². The molecule has 0 bridgehead atoms. The first-order valence-electron chi connectivity index (χ1n) is 5.16. The zero-order chi connectivity index (χ0) is 11.8. The Labute approximate surface area is 96.5 Å². The molecule has 3 rings (SSSR count). The summed E-state index contributed by atoms with van der Waals surface area (Å²) in [5.74, 6) is -0.367. The first-order chi connectivity index (χ1) is 8.24. The number of nitrogens with one attached hydrogen (secondary N) is 1. The van der Waals surface area contributed by atoms with Crippen LogP contribution >= 0.6 is 0 Å². The molecule has 3 aromatic rings. The van der Waals surface area contributed by atoms with Crippen molar-refractivity contribution in [1.29, 1.82) is 0 Å². The first-order valence-corrected chi connectivity index (χ1v) is 5.16. The highest BCUT2D eigenvalue weighted by Gasteiger charge is 2.06. The summed E-state index contributed by atoms with van der Waals surface area (Å²) in [5.41, 5.74) is 3.12. The van der Waals surface area contributed by atoms with Crippen LogP contribution in [0.5, 0.6) is 0 Å². The third-order valence-electron chi connectivity index (χ3n) is 2.64. The van der Waals surface area contributed by atoms with E-state index in [-0.39, 0.29) is 5.82 Å². The maximum Gasteiger partial charge on any atom is 0.142 e. The number of rotatable bonds is 1. The van der Waals surface area contributed by atoms with Crippen molar-refractivity contribution in [3.8, 4) is 11.3 Å². The summed E-state index contributed by atoms with van der Waals surface area (Å²) in [6.45, 7) is 1.91. The van der Waals surface area contributed by atoms with Crippen molar-refractivity contribution < 1.29 is 4.39 Å². The van der Waals surface area contributed by atoms with Crippen LogP contribution in [0.3, 0.4) is 0 Å². The van der Waals surface area contributed by atoms with Gasteiger partial charge in [-0.05, 0) is 19.1 Å². The van der Waals surface area contributed by atoms with Crippen molar-refractivity contribution in [3.05, 3.63) is 42.2 Å². The number of hydrogen-bond acceptors (Lipinski definition) is 3. The Morgan fingerprint density at radius 1 is 1.18 bits per heavy atom. The Balaban J connectivity index is 2.20. The molecule has 0 aliphatic carbocycles. The first kappa shape index (κ1) is 9.89. The van der Waals surface area contributed by atoms with E-state index in [2.05, 4.69) is 20.2 Å². The second-order valence-electron chi connectivity index (χ2n) is 3.82. The van der Waals surface area contributed by atoms with Crippen molar-refractivity contribution in [3.63, 3.8) is 0 Å². The van der Waals surface area contributed by atoms with E-state index in [1.54, 1.807) is 12.4 Å². The van der Waals surface area contributed by atoms with Crippen LogP contribution in [0, 0.1) is 12.7 Å². The van der Waals surface area contributed by atoms with Gasteiger partial charge in [-0.1, -0.05) is 0 Å². The fraction of sp³-hybridized carbons (Fsp3) is 0.0833. The van der Waals surface area contributed by atoms with Crippen LogP contribution in [0.25, 0.3) is 22.2 Å². The molecule has 4 nitrogen and oxygen atoms in total. The van der Waals surface area contributed by atoms with Gasteiger partial charge in [-0.15, -0.1) is 0 Å². The van der Waals surface area contributed by atoms with E-state index >= 15 is 0 Å². The van der Waals surface area contributed by atoms with Crippen molar-refractivity contribution in [2.45, 2.75) is 6.92 Å². The average Bonchev–Trinajstić information content (AvgIpc) is 2.71. The molecule has 5 heteroatoms. The van der Waals surface area contributed by atoms with Gasteiger partial charge in [0.1, 0.15) is 5.82 Å². The summed E-state index contributed by atoms with van der Waals surface area (Å²) in [5, 5.41) is 7.95. The number of nitrogens with zero attached hydrogens (tertiary/aromatic N) is 3. The molecular weight excluding hydrogens is 219 g/mol. The van der Waals surface area contributed by atoms with Gasteiger partial charge in [0, 0.05) is 17.1 Å². The van der Waals surface area contributed by atoms with Gasteiger partial charge in [0.15, 0.2) is 0 Å². The minimum atomic E-state index is -0.367. The molecule has 1 N–H and O–H groups in total. The topological polar surface area (TPSA) is 54.5 Å². The maximum atomic E-state index is 13.1. The number of halogens is 1. The molecule has 3 heterocycles. The molecule has 0 saturated heterocycles.